The number of hydrogen-bond donors (Lipinski definition) is 4. The number of rotatable bonds is 4. The van der Waals surface area contributed by atoms with E-state index in [1.54, 1.807) is 12.1 Å². The average molecular weight is 263 g/mol. The summed E-state index contributed by atoms with van der Waals surface area (Å²) in [4.78, 5) is 11.3. The number of phenols is 1. The highest BCUT2D eigenvalue weighted by Crippen LogP contribution is 2.26. The van der Waals surface area contributed by atoms with E-state index in [9.17, 15) is 9.90 Å². The van der Waals surface area contributed by atoms with Gasteiger partial charge in [-0.15, -0.1) is 10.2 Å². The fraction of sp³-hybridized carbons (Fsp3) is 0.0909. The van der Waals surface area contributed by atoms with Crippen molar-refractivity contribution in [1.29, 1.82) is 5.53 Å². The van der Waals surface area contributed by atoms with Crippen LogP contribution in [0.2, 0.25) is 0 Å². The molecule has 0 aliphatic carbocycles. The van der Waals surface area contributed by atoms with Crippen LogP contribution in [0.15, 0.2) is 34.5 Å². The molecule has 8 nitrogen and oxygen atoms in total. The van der Waals surface area contributed by atoms with E-state index in [0.717, 1.165) is 0 Å². The Morgan fingerprint density at radius 1 is 1.58 bits per heavy atom. The zero-order chi connectivity index (χ0) is 14.3. The molecule has 1 aromatic rings. The van der Waals surface area contributed by atoms with Crippen molar-refractivity contribution in [3.8, 4) is 11.5 Å². The van der Waals surface area contributed by atoms with E-state index >= 15 is 0 Å². The Hall–Kier alpha value is -2.90. The molecule has 0 aromatic heterocycles. The molecule has 1 amide bonds. The first-order valence-corrected chi connectivity index (χ1v) is 5.12. The van der Waals surface area contributed by atoms with Crippen molar-refractivity contribution in [3.63, 3.8) is 0 Å². The monoisotopic (exact) mass is 263 g/mol. The van der Waals surface area contributed by atoms with Crippen molar-refractivity contribution in [3.05, 3.63) is 29.8 Å². The maximum absolute atomic E-state index is 11.3. The number of hydrazone groups is 1. The highest BCUT2D eigenvalue weighted by atomic mass is 16.5. The van der Waals surface area contributed by atoms with Gasteiger partial charge in [0.1, 0.15) is 0 Å². The summed E-state index contributed by atoms with van der Waals surface area (Å²) in [5.41, 5.74) is 14.4. The Kier molecular flexibility index (Phi) is 5.03. The Bertz CT molecular complexity index is 539. The first kappa shape index (κ1) is 14.2. The molecule has 0 atom stereocenters. The summed E-state index contributed by atoms with van der Waals surface area (Å²) in [6, 6.07) is 4.62. The molecule has 0 saturated heterocycles. The molecule has 0 fully saturated rings. The molecule has 8 heteroatoms. The van der Waals surface area contributed by atoms with E-state index in [-0.39, 0.29) is 11.7 Å². The minimum Gasteiger partial charge on any atom is -0.504 e. The summed E-state index contributed by atoms with van der Waals surface area (Å²) < 4.78 is 4.93. The van der Waals surface area contributed by atoms with E-state index < -0.39 is 5.91 Å². The molecule has 0 unspecified atom stereocenters. The molecule has 0 aliphatic rings. The quantitative estimate of drug-likeness (QED) is 0.210. The number of nitrogens with zero attached hydrogens (tertiary/aromatic N) is 2. The van der Waals surface area contributed by atoms with Crippen LogP contribution in [0.5, 0.6) is 11.5 Å². The van der Waals surface area contributed by atoms with Crippen molar-refractivity contribution in [1.82, 2.24) is 5.43 Å². The van der Waals surface area contributed by atoms with Crippen molar-refractivity contribution < 1.29 is 14.6 Å². The average Bonchev–Trinajstić information content (AvgIpc) is 2.43. The fourth-order valence-corrected chi connectivity index (χ4v) is 1.14. The van der Waals surface area contributed by atoms with E-state index in [0.29, 0.717) is 11.3 Å². The second-order valence-corrected chi connectivity index (χ2v) is 3.32. The standard InChI is InChI=1S/C11H13N5O3/c1-19-9-6-7(2-4-8(9)17)3-5-10(18)15-16-11(12)14-13/h2-6,13,17H,1H3,(H2,12,16)(H,15,18)/b5-3+,14-13?. The number of nitrogens with two attached hydrogens (primary N) is 1. The molecule has 0 radical (unpaired) electrons. The zero-order valence-corrected chi connectivity index (χ0v) is 10.1. The normalized spacial score (nSPS) is 11.3. The summed E-state index contributed by atoms with van der Waals surface area (Å²) in [5.74, 6) is -0.567. The van der Waals surface area contributed by atoms with Gasteiger partial charge in [0, 0.05) is 6.08 Å². The first-order valence-electron chi connectivity index (χ1n) is 5.12. The maximum atomic E-state index is 11.3. The Morgan fingerprint density at radius 2 is 2.32 bits per heavy atom. The Balaban J connectivity index is 2.71. The number of amides is 1. The van der Waals surface area contributed by atoms with Crippen LogP contribution in [0.1, 0.15) is 5.56 Å². The molecule has 0 saturated carbocycles. The number of guanidine groups is 1. The molecule has 1 rings (SSSR count). The van der Waals surface area contributed by atoms with E-state index in [4.69, 9.17) is 16.0 Å². The molecular weight excluding hydrogens is 250 g/mol. The summed E-state index contributed by atoms with van der Waals surface area (Å²) in [5, 5.41) is 15.5. The van der Waals surface area contributed by atoms with E-state index in [1.807, 2.05) is 0 Å². The van der Waals surface area contributed by atoms with Crippen LogP contribution >= 0.6 is 0 Å². The van der Waals surface area contributed by atoms with Gasteiger partial charge in [0.25, 0.3) is 11.9 Å². The summed E-state index contributed by atoms with van der Waals surface area (Å²) in [7, 11) is 1.43. The molecule has 0 aliphatic heterocycles. The number of carbonyl (C=O) groups is 1. The summed E-state index contributed by atoms with van der Waals surface area (Å²) in [6.45, 7) is 0. The largest absolute Gasteiger partial charge is 0.504 e. The number of benzene rings is 1. The lowest BCUT2D eigenvalue weighted by molar-refractivity contribution is -0.116. The smallest absolute Gasteiger partial charge is 0.264 e. The lowest BCUT2D eigenvalue weighted by Crippen LogP contribution is -2.19. The number of carbonyl (C=O) groups excluding carboxylic acids is 1. The van der Waals surface area contributed by atoms with Gasteiger partial charge < -0.3 is 15.6 Å². The predicted molar refractivity (Wildman–Crippen MR) is 68.6 cm³/mol. The van der Waals surface area contributed by atoms with Gasteiger partial charge in [0.15, 0.2) is 11.5 Å². The molecule has 0 bridgehead atoms. The predicted octanol–water partition coefficient (Wildman–Crippen LogP) is 0.791. The number of methoxy groups -OCH3 is 1. The Labute approximate surface area is 109 Å². The van der Waals surface area contributed by atoms with Crippen molar-refractivity contribution in [2.24, 2.45) is 15.9 Å². The van der Waals surface area contributed by atoms with Crippen molar-refractivity contribution in [2.45, 2.75) is 0 Å². The number of nitrogens with one attached hydrogen (secondary N) is 2. The van der Waals surface area contributed by atoms with Crippen LogP contribution in [0.25, 0.3) is 6.08 Å². The first-order chi connectivity index (χ1) is 9.06. The van der Waals surface area contributed by atoms with Gasteiger partial charge in [-0.25, -0.2) is 11.0 Å². The highest BCUT2D eigenvalue weighted by Gasteiger charge is 2.01. The van der Waals surface area contributed by atoms with Gasteiger partial charge in [-0.05, 0) is 23.8 Å². The van der Waals surface area contributed by atoms with Gasteiger partial charge >= 0.3 is 0 Å². The number of hydrogen-bond acceptors (Lipinski definition) is 5. The SMILES string of the molecule is COc1cc(/C=C/C(=O)NN=C(N)N=N)ccc1O. The van der Waals surface area contributed by atoms with Gasteiger partial charge in [-0.2, -0.15) is 0 Å². The highest BCUT2D eigenvalue weighted by molar-refractivity contribution is 5.92. The summed E-state index contributed by atoms with van der Waals surface area (Å²) in [6.07, 6.45) is 2.72. The lowest BCUT2D eigenvalue weighted by atomic mass is 10.2. The van der Waals surface area contributed by atoms with E-state index in [1.165, 1.54) is 25.3 Å². The number of phenolic OH excluding ortho intramolecular Hbond substituents is 1. The van der Waals surface area contributed by atoms with E-state index in [2.05, 4.69) is 15.6 Å². The van der Waals surface area contributed by atoms with Gasteiger partial charge in [0.05, 0.1) is 7.11 Å². The third-order valence-corrected chi connectivity index (χ3v) is 2.03. The van der Waals surface area contributed by atoms with Crippen LogP contribution in [0.4, 0.5) is 0 Å². The Morgan fingerprint density at radius 3 is 2.95 bits per heavy atom. The third kappa shape index (κ3) is 4.46. The second-order valence-electron chi connectivity index (χ2n) is 3.32. The molecule has 0 heterocycles. The number of ether oxygens (including phenoxy) is 1. The topological polar surface area (TPSA) is 133 Å². The minimum absolute atomic E-state index is 0.0125. The molecule has 0 spiro atoms. The van der Waals surface area contributed by atoms with Crippen LogP contribution in [0, 0.1) is 5.53 Å². The van der Waals surface area contributed by atoms with Crippen LogP contribution in [-0.2, 0) is 4.79 Å². The van der Waals surface area contributed by atoms with Crippen molar-refractivity contribution in [2.75, 3.05) is 7.11 Å². The van der Waals surface area contributed by atoms with Crippen LogP contribution in [-0.4, -0.2) is 24.1 Å². The maximum Gasteiger partial charge on any atom is 0.264 e. The zero-order valence-electron chi connectivity index (χ0n) is 10.1. The molecule has 5 N–H and O–H groups in total. The van der Waals surface area contributed by atoms with Crippen LogP contribution in [0.3, 0.4) is 0 Å². The summed E-state index contributed by atoms with van der Waals surface area (Å²) >= 11 is 0. The second kappa shape index (κ2) is 6.74. The molecule has 19 heavy (non-hydrogen) atoms. The lowest BCUT2D eigenvalue weighted by Gasteiger charge is -2.03. The van der Waals surface area contributed by atoms with Gasteiger partial charge in [-0.1, -0.05) is 6.07 Å². The fourth-order valence-electron chi connectivity index (χ4n) is 1.14. The van der Waals surface area contributed by atoms with Crippen LogP contribution < -0.4 is 15.9 Å². The van der Waals surface area contributed by atoms with Crippen molar-refractivity contribution >= 4 is 17.9 Å². The molecule has 1 aromatic carbocycles. The number of aromatic hydroxyl groups is 1. The van der Waals surface area contributed by atoms with Gasteiger partial charge in [0.2, 0.25) is 0 Å². The molecule has 100 valence electrons. The molecular formula is C11H13N5O3. The minimum atomic E-state index is -0.529. The third-order valence-electron chi connectivity index (χ3n) is 2.03. The van der Waals surface area contributed by atoms with Gasteiger partial charge in [-0.3, -0.25) is 4.79 Å².